The number of nitrogens with zero attached hydrogens (tertiary/aromatic N) is 2. The lowest BCUT2D eigenvalue weighted by atomic mass is 10.2. The Morgan fingerprint density at radius 3 is 2.46 bits per heavy atom. The average Bonchev–Trinajstić information content (AvgIpc) is 2.88. The Labute approximate surface area is 150 Å². The summed E-state index contributed by atoms with van der Waals surface area (Å²) < 4.78 is 12.3. The van der Waals surface area contributed by atoms with Gasteiger partial charge < -0.3 is 9.47 Å². The number of carbonyl (C=O) groups is 1. The van der Waals surface area contributed by atoms with Crippen LogP contribution >= 0.6 is 23.2 Å². The van der Waals surface area contributed by atoms with Crippen molar-refractivity contribution in [3.63, 3.8) is 0 Å². The van der Waals surface area contributed by atoms with Gasteiger partial charge in [-0.05, 0) is 37.6 Å². The Morgan fingerprint density at radius 2 is 1.92 bits per heavy atom. The molecule has 1 aromatic carbocycles. The summed E-state index contributed by atoms with van der Waals surface area (Å²) >= 11 is 12.0. The zero-order chi connectivity index (χ0) is 17.7. The molecule has 0 aliphatic rings. The normalized spacial score (nSPS) is 11.0. The average molecular weight is 369 g/mol. The number of hydrogen-bond acceptors (Lipinski definition) is 4. The molecule has 1 heterocycles. The van der Waals surface area contributed by atoms with E-state index in [4.69, 9.17) is 27.9 Å². The molecular weight excluding hydrogens is 351 g/mol. The van der Waals surface area contributed by atoms with Crippen LogP contribution < -0.4 is 4.74 Å². The molecule has 2 rings (SSSR count). The van der Waals surface area contributed by atoms with Crippen LogP contribution in [0.4, 0.5) is 0 Å². The first kappa shape index (κ1) is 18.4. The van der Waals surface area contributed by atoms with Gasteiger partial charge in [-0.15, -0.1) is 0 Å². The van der Waals surface area contributed by atoms with E-state index in [9.17, 15) is 4.79 Å². The molecule has 0 saturated carbocycles. The van der Waals surface area contributed by atoms with Gasteiger partial charge in [-0.1, -0.05) is 30.1 Å². The molecule has 128 valence electrons. The molecule has 1 aromatic heterocycles. The topological polar surface area (TPSA) is 53.3 Å². The number of aryl methyl sites for hydroxylation is 1. The first-order chi connectivity index (χ1) is 11.5. The van der Waals surface area contributed by atoms with E-state index < -0.39 is 5.97 Å². The van der Waals surface area contributed by atoms with E-state index in [1.165, 1.54) is 13.2 Å². The van der Waals surface area contributed by atoms with E-state index >= 15 is 0 Å². The number of aromatic nitrogens is 2. The monoisotopic (exact) mass is 368 g/mol. The van der Waals surface area contributed by atoms with Gasteiger partial charge in [-0.3, -0.25) is 0 Å². The highest BCUT2D eigenvalue weighted by Crippen LogP contribution is 2.32. The van der Waals surface area contributed by atoms with Crippen molar-refractivity contribution in [3.8, 4) is 11.6 Å². The number of carbonyl (C=O) groups excluding carboxylic acids is 1. The minimum atomic E-state index is -0.438. The third-order valence-electron chi connectivity index (χ3n) is 3.31. The van der Waals surface area contributed by atoms with Crippen LogP contribution in [-0.4, -0.2) is 22.9 Å². The summed E-state index contributed by atoms with van der Waals surface area (Å²) in [7, 11) is 1.33. The fourth-order valence-corrected chi connectivity index (χ4v) is 2.72. The fraction of sp³-hybridized carbons (Fsp3) is 0.294. The summed E-state index contributed by atoms with van der Waals surface area (Å²) in [5, 5.41) is 5.46. The molecular formula is C17H18Cl2N2O3. The molecule has 0 spiro atoms. The summed E-state index contributed by atoms with van der Waals surface area (Å²) in [5.74, 6) is 0.690. The number of hydrogen-bond donors (Lipinski definition) is 0. The smallest absolute Gasteiger partial charge is 0.330 e. The third-order valence-corrected chi connectivity index (χ3v) is 3.75. The predicted molar refractivity (Wildman–Crippen MR) is 94.9 cm³/mol. The van der Waals surface area contributed by atoms with E-state index in [0.717, 1.165) is 5.56 Å². The van der Waals surface area contributed by atoms with Crippen molar-refractivity contribution in [2.75, 3.05) is 7.11 Å². The second-order valence-electron chi connectivity index (χ2n) is 4.90. The van der Waals surface area contributed by atoms with Gasteiger partial charge in [0.05, 0.1) is 12.8 Å². The van der Waals surface area contributed by atoms with Crippen LogP contribution in [0, 0.1) is 0 Å². The summed E-state index contributed by atoms with van der Waals surface area (Å²) in [6.07, 6.45) is 3.64. The highest BCUT2D eigenvalue weighted by Gasteiger charge is 2.17. The number of methoxy groups -OCH3 is 1. The maximum atomic E-state index is 11.3. The molecule has 0 aliphatic heterocycles. The summed E-state index contributed by atoms with van der Waals surface area (Å²) in [6, 6.07) is 5.01. The summed E-state index contributed by atoms with van der Waals surface area (Å²) in [6.45, 7) is 4.56. The Bertz CT molecular complexity index is 749. The van der Waals surface area contributed by atoms with Gasteiger partial charge in [-0.25, -0.2) is 9.48 Å². The van der Waals surface area contributed by atoms with E-state index in [2.05, 4.69) is 9.84 Å². The molecule has 0 aliphatic carbocycles. The molecule has 0 N–H and O–H groups in total. The van der Waals surface area contributed by atoms with Crippen molar-refractivity contribution < 1.29 is 14.3 Å². The predicted octanol–water partition coefficient (Wildman–Crippen LogP) is 4.75. The van der Waals surface area contributed by atoms with Crippen LogP contribution in [0.25, 0.3) is 6.08 Å². The minimum absolute atomic E-state index is 0.438. The van der Waals surface area contributed by atoms with Crippen LogP contribution in [0.3, 0.4) is 0 Å². The molecule has 0 unspecified atom stereocenters. The second-order valence-corrected chi connectivity index (χ2v) is 5.77. The van der Waals surface area contributed by atoms with Gasteiger partial charge >= 0.3 is 5.97 Å². The molecule has 0 atom stereocenters. The first-order valence-corrected chi connectivity index (χ1v) is 8.23. The van der Waals surface area contributed by atoms with Crippen LogP contribution in [0.5, 0.6) is 11.6 Å². The van der Waals surface area contributed by atoms with Crippen molar-refractivity contribution >= 4 is 35.2 Å². The molecule has 0 fully saturated rings. The minimum Gasteiger partial charge on any atom is -0.466 e. The van der Waals surface area contributed by atoms with Crippen LogP contribution in [-0.2, 0) is 22.5 Å². The summed E-state index contributed by atoms with van der Waals surface area (Å²) in [5.41, 5.74) is 1.54. The summed E-state index contributed by atoms with van der Waals surface area (Å²) in [4.78, 5) is 11.3. The van der Waals surface area contributed by atoms with Gasteiger partial charge in [0.15, 0.2) is 0 Å². The van der Waals surface area contributed by atoms with E-state index in [0.29, 0.717) is 40.3 Å². The zero-order valence-corrected chi connectivity index (χ0v) is 15.2. The van der Waals surface area contributed by atoms with Gasteiger partial charge in [0.2, 0.25) is 5.88 Å². The highest BCUT2D eigenvalue weighted by atomic mass is 35.5. The van der Waals surface area contributed by atoms with Crippen LogP contribution in [0.15, 0.2) is 24.3 Å². The van der Waals surface area contributed by atoms with E-state index in [-0.39, 0.29) is 0 Å². The molecule has 0 saturated heterocycles. The molecule has 7 heteroatoms. The highest BCUT2D eigenvalue weighted by molar-refractivity contribution is 6.34. The SMILES string of the molecule is CCc1c(C=CC(=O)OC)nn(CC)c1Oc1cc(Cl)cc(Cl)c1. The third kappa shape index (κ3) is 4.30. The second kappa shape index (κ2) is 8.22. The quantitative estimate of drug-likeness (QED) is 0.545. The van der Waals surface area contributed by atoms with Crippen molar-refractivity contribution in [2.45, 2.75) is 26.8 Å². The zero-order valence-electron chi connectivity index (χ0n) is 13.7. The lowest BCUT2D eigenvalue weighted by molar-refractivity contribution is -0.134. The number of halogens is 2. The molecule has 2 aromatic rings. The van der Waals surface area contributed by atoms with Crippen molar-refractivity contribution in [2.24, 2.45) is 0 Å². The van der Waals surface area contributed by atoms with Gasteiger partial charge in [-0.2, -0.15) is 5.10 Å². The Balaban J connectivity index is 2.42. The number of ether oxygens (including phenoxy) is 2. The number of benzene rings is 1. The maximum absolute atomic E-state index is 11.3. The Morgan fingerprint density at radius 1 is 1.25 bits per heavy atom. The molecule has 5 nitrogen and oxygen atoms in total. The molecule has 24 heavy (non-hydrogen) atoms. The molecule has 0 radical (unpaired) electrons. The van der Waals surface area contributed by atoms with Crippen molar-refractivity contribution in [1.82, 2.24) is 9.78 Å². The van der Waals surface area contributed by atoms with Gasteiger partial charge in [0.25, 0.3) is 0 Å². The number of esters is 1. The number of rotatable bonds is 6. The lowest BCUT2D eigenvalue weighted by Crippen LogP contribution is -2.00. The molecule has 0 amide bonds. The largest absolute Gasteiger partial charge is 0.466 e. The van der Waals surface area contributed by atoms with Crippen LogP contribution in [0.1, 0.15) is 25.1 Å². The van der Waals surface area contributed by atoms with Crippen LogP contribution in [0.2, 0.25) is 10.0 Å². The standard InChI is InChI=1S/C17H18Cl2N2O3/c1-4-14-15(6-7-16(22)23-3)20-21(5-2)17(14)24-13-9-11(18)8-12(19)10-13/h6-10H,4-5H2,1-3H3. The van der Waals surface area contributed by atoms with E-state index in [1.54, 1.807) is 29.0 Å². The molecule has 0 bridgehead atoms. The van der Waals surface area contributed by atoms with E-state index in [1.807, 2.05) is 13.8 Å². The Kier molecular flexibility index (Phi) is 6.29. The van der Waals surface area contributed by atoms with Crippen molar-refractivity contribution in [3.05, 3.63) is 45.6 Å². The first-order valence-electron chi connectivity index (χ1n) is 7.48. The van der Waals surface area contributed by atoms with Crippen molar-refractivity contribution in [1.29, 1.82) is 0 Å². The van der Waals surface area contributed by atoms with Gasteiger partial charge in [0, 0.05) is 28.2 Å². The maximum Gasteiger partial charge on any atom is 0.330 e. The van der Waals surface area contributed by atoms with Gasteiger partial charge in [0.1, 0.15) is 5.75 Å². The fourth-order valence-electron chi connectivity index (χ4n) is 2.21. The lowest BCUT2D eigenvalue weighted by Gasteiger charge is -2.10. The Hall–Kier alpha value is -1.98.